The molecule has 2 nitrogen and oxygen atoms in total. The van der Waals surface area contributed by atoms with E-state index >= 15 is 0 Å². The number of nitrogens with zero attached hydrogens (tertiary/aromatic N) is 2. The molecule has 0 bridgehead atoms. The van der Waals surface area contributed by atoms with Crippen molar-refractivity contribution in [2.75, 3.05) is 0 Å². The zero-order valence-corrected chi connectivity index (χ0v) is 8.44. The third-order valence-corrected chi connectivity index (χ3v) is 2.34. The summed E-state index contributed by atoms with van der Waals surface area (Å²) in [6.07, 6.45) is 1.73. The van der Waals surface area contributed by atoms with Crippen molar-refractivity contribution in [3.63, 3.8) is 0 Å². The van der Waals surface area contributed by atoms with Gasteiger partial charge in [0.2, 0.25) is 0 Å². The molecule has 2 aromatic rings. The van der Waals surface area contributed by atoms with Crippen LogP contribution in [0.5, 0.6) is 0 Å². The topological polar surface area (TPSA) is 36.7 Å². The first-order chi connectivity index (χ1) is 7.33. The molecule has 0 saturated carbocycles. The quantitative estimate of drug-likeness (QED) is 0.699. The van der Waals surface area contributed by atoms with E-state index < -0.39 is 0 Å². The van der Waals surface area contributed by atoms with Crippen LogP contribution in [0.1, 0.15) is 11.3 Å². The maximum absolute atomic E-state index is 9.07. The van der Waals surface area contributed by atoms with Crippen molar-refractivity contribution in [1.82, 2.24) is 4.98 Å². The smallest absolute Gasteiger partial charge is 0.102 e. The van der Waals surface area contributed by atoms with Crippen molar-refractivity contribution in [1.29, 1.82) is 5.26 Å². The summed E-state index contributed by atoms with van der Waals surface area (Å²) in [5, 5.41) is 9.07. The highest BCUT2D eigenvalue weighted by Crippen LogP contribution is 2.23. The van der Waals surface area contributed by atoms with Crippen LogP contribution in [0.4, 0.5) is 0 Å². The largest absolute Gasteiger partial charge is 0.260 e. The molecule has 1 heterocycles. The van der Waals surface area contributed by atoms with Crippen molar-refractivity contribution >= 4 is 0 Å². The van der Waals surface area contributed by atoms with Crippen molar-refractivity contribution in [3.05, 3.63) is 53.9 Å². The van der Waals surface area contributed by atoms with Crippen LogP contribution in [-0.4, -0.2) is 4.98 Å². The lowest BCUT2D eigenvalue weighted by atomic mass is 10.0. The lowest BCUT2D eigenvalue weighted by Crippen LogP contribution is -1.91. The predicted octanol–water partition coefficient (Wildman–Crippen LogP) is 2.93. The number of aromatic nitrogens is 1. The zero-order valence-electron chi connectivity index (χ0n) is 8.44. The Bertz CT molecular complexity index is 510. The number of pyridine rings is 1. The van der Waals surface area contributed by atoms with E-state index in [1.165, 1.54) is 0 Å². The van der Waals surface area contributed by atoms with E-state index in [1.807, 2.05) is 43.3 Å². The Morgan fingerprint density at radius 2 is 1.87 bits per heavy atom. The SMILES string of the molecule is Cc1nccc(-c2ccccc2)c1C#N. The molecule has 0 aliphatic heterocycles. The van der Waals surface area contributed by atoms with Crippen LogP contribution < -0.4 is 0 Å². The summed E-state index contributed by atoms with van der Waals surface area (Å²) in [6, 6.07) is 14.0. The van der Waals surface area contributed by atoms with Gasteiger partial charge in [0, 0.05) is 11.8 Å². The van der Waals surface area contributed by atoms with Gasteiger partial charge in [-0.2, -0.15) is 5.26 Å². The molecule has 0 amide bonds. The summed E-state index contributed by atoms with van der Waals surface area (Å²) < 4.78 is 0. The Hall–Kier alpha value is -2.14. The highest BCUT2D eigenvalue weighted by Gasteiger charge is 2.06. The third kappa shape index (κ3) is 1.72. The molecule has 2 rings (SSSR count). The summed E-state index contributed by atoms with van der Waals surface area (Å²) in [4.78, 5) is 4.11. The normalized spacial score (nSPS) is 9.60. The van der Waals surface area contributed by atoms with Crippen LogP contribution in [0, 0.1) is 18.3 Å². The highest BCUT2D eigenvalue weighted by molar-refractivity contribution is 5.70. The van der Waals surface area contributed by atoms with Crippen molar-refractivity contribution in [2.45, 2.75) is 6.92 Å². The Balaban J connectivity index is 2.65. The Morgan fingerprint density at radius 3 is 2.53 bits per heavy atom. The molecule has 2 heteroatoms. The number of hydrogen-bond acceptors (Lipinski definition) is 2. The fourth-order valence-electron chi connectivity index (χ4n) is 1.57. The molecule has 0 aliphatic rings. The van der Waals surface area contributed by atoms with Gasteiger partial charge in [0.05, 0.1) is 11.3 Å². The highest BCUT2D eigenvalue weighted by atomic mass is 14.7. The third-order valence-electron chi connectivity index (χ3n) is 2.34. The monoisotopic (exact) mass is 194 g/mol. The van der Waals surface area contributed by atoms with E-state index in [0.717, 1.165) is 16.8 Å². The standard InChI is InChI=1S/C13H10N2/c1-10-13(9-14)12(7-8-15-10)11-5-3-2-4-6-11/h2-8H,1H3. The summed E-state index contributed by atoms with van der Waals surface area (Å²) in [5.41, 5.74) is 3.44. The zero-order chi connectivity index (χ0) is 10.7. The van der Waals surface area contributed by atoms with Crippen LogP contribution >= 0.6 is 0 Å². The maximum Gasteiger partial charge on any atom is 0.102 e. The Labute approximate surface area is 88.8 Å². The van der Waals surface area contributed by atoms with Gasteiger partial charge in [0.15, 0.2) is 0 Å². The van der Waals surface area contributed by atoms with Gasteiger partial charge in [-0.15, -0.1) is 0 Å². The second kappa shape index (κ2) is 3.93. The summed E-state index contributed by atoms with van der Waals surface area (Å²) >= 11 is 0. The summed E-state index contributed by atoms with van der Waals surface area (Å²) in [6.45, 7) is 1.85. The molecule has 0 fully saturated rings. The lowest BCUT2D eigenvalue weighted by molar-refractivity contribution is 1.18. The summed E-state index contributed by atoms with van der Waals surface area (Å²) in [7, 11) is 0. The molecule has 0 radical (unpaired) electrons. The van der Waals surface area contributed by atoms with Gasteiger partial charge in [-0.05, 0) is 18.6 Å². The first-order valence-electron chi connectivity index (χ1n) is 4.74. The molecule has 0 atom stereocenters. The molecule has 0 N–H and O–H groups in total. The minimum atomic E-state index is 0.656. The van der Waals surface area contributed by atoms with Crippen LogP contribution in [0.25, 0.3) is 11.1 Å². The van der Waals surface area contributed by atoms with Crippen LogP contribution in [-0.2, 0) is 0 Å². The van der Waals surface area contributed by atoms with E-state index in [9.17, 15) is 0 Å². The first-order valence-corrected chi connectivity index (χ1v) is 4.74. The fourth-order valence-corrected chi connectivity index (χ4v) is 1.57. The van der Waals surface area contributed by atoms with Crippen molar-refractivity contribution in [2.24, 2.45) is 0 Å². The minimum absolute atomic E-state index is 0.656. The van der Waals surface area contributed by atoms with Crippen LogP contribution in [0.2, 0.25) is 0 Å². The second-order valence-electron chi connectivity index (χ2n) is 3.30. The van der Waals surface area contributed by atoms with Gasteiger partial charge in [-0.3, -0.25) is 4.98 Å². The Kier molecular flexibility index (Phi) is 2.47. The lowest BCUT2D eigenvalue weighted by Gasteiger charge is -2.05. The van der Waals surface area contributed by atoms with Crippen molar-refractivity contribution < 1.29 is 0 Å². The first kappa shape index (κ1) is 9.42. The van der Waals surface area contributed by atoms with Gasteiger partial charge < -0.3 is 0 Å². The number of benzene rings is 1. The van der Waals surface area contributed by atoms with Gasteiger partial charge >= 0.3 is 0 Å². The van der Waals surface area contributed by atoms with Crippen LogP contribution in [0.15, 0.2) is 42.6 Å². The van der Waals surface area contributed by atoms with Gasteiger partial charge in [-0.25, -0.2) is 0 Å². The molecular weight excluding hydrogens is 184 g/mol. The minimum Gasteiger partial charge on any atom is -0.260 e. The Morgan fingerprint density at radius 1 is 1.13 bits per heavy atom. The van der Waals surface area contributed by atoms with E-state index in [1.54, 1.807) is 6.20 Å². The molecule has 0 aliphatic carbocycles. The average molecular weight is 194 g/mol. The molecule has 0 spiro atoms. The predicted molar refractivity (Wildman–Crippen MR) is 59.1 cm³/mol. The van der Waals surface area contributed by atoms with Gasteiger partial charge in [0.25, 0.3) is 0 Å². The van der Waals surface area contributed by atoms with E-state index in [4.69, 9.17) is 5.26 Å². The number of nitriles is 1. The van der Waals surface area contributed by atoms with Crippen LogP contribution in [0.3, 0.4) is 0 Å². The molecule has 1 aromatic heterocycles. The molecule has 0 unspecified atom stereocenters. The van der Waals surface area contributed by atoms with E-state index in [2.05, 4.69) is 11.1 Å². The fraction of sp³-hybridized carbons (Fsp3) is 0.0769. The number of hydrogen-bond donors (Lipinski definition) is 0. The molecule has 0 saturated heterocycles. The average Bonchev–Trinajstić information content (AvgIpc) is 2.30. The molecule has 15 heavy (non-hydrogen) atoms. The van der Waals surface area contributed by atoms with Gasteiger partial charge in [-0.1, -0.05) is 30.3 Å². The number of aryl methyl sites for hydroxylation is 1. The molecular formula is C13H10N2. The maximum atomic E-state index is 9.07. The summed E-state index contributed by atoms with van der Waals surface area (Å²) in [5.74, 6) is 0. The second-order valence-corrected chi connectivity index (χ2v) is 3.30. The van der Waals surface area contributed by atoms with E-state index in [0.29, 0.717) is 5.56 Å². The molecule has 1 aromatic carbocycles. The van der Waals surface area contributed by atoms with Gasteiger partial charge in [0.1, 0.15) is 6.07 Å². The molecule has 72 valence electrons. The van der Waals surface area contributed by atoms with E-state index in [-0.39, 0.29) is 0 Å². The van der Waals surface area contributed by atoms with Crippen molar-refractivity contribution in [3.8, 4) is 17.2 Å². The number of rotatable bonds is 1.